The number of aromatic nitrogens is 1. The lowest BCUT2D eigenvalue weighted by Crippen LogP contribution is -2.23. The summed E-state index contributed by atoms with van der Waals surface area (Å²) in [5.74, 6) is 0. The standard InChI is InChI=1S/C11H16F3N3O/c1-3-18-6-7(2)17-9-4-10(11(12,13)14)16-5-8(9)15/h4-5,7H,3,6,15H2,1-2H3,(H,16,17). The van der Waals surface area contributed by atoms with Crippen LogP contribution in [-0.2, 0) is 10.9 Å². The second-order valence-electron chi connectivity index (χ2n) is 3.86. The summed E-state index contributed by atoms with van der Waals surface area (Å²) >= 11 is 0. The third-order valence-electron chi connectivity index (χ3n) is 2.20. The summed E-state index contributed by atoms with van der Waals surface area (Å²) in [7, 11) is 0. The summed E-state index contributed by atoms with van der Waals surface area (Å²) in [5.41, 5.74) is 4.99. The van der Waals surface area contributed by atoms with Gasteiger partial charge in [-0.2, -0.15) is 13.2 Å². The summed E-state index contributed by atoms with van der Waals surface area (Å²) in [5, 5.41) is 2.87. The zero-order chi connectivity index (χ0) is 13.8. The Hall–Kier alpha value is -1.50. The van der Waals surface area contributed by atoms with Crippen molar-refractivity contribution in [1.82, 2.24) is 4.98 Å². The number of alkyl halides is 3. The molecule has 3 N–H and O–H groups in total. The summed E-state index contributed by atoms with van der Waals surface area (Å²) in [4.78, 5) is 3.26. The maximum Gasteiger partial charge on any atom is 0.433 e. The minimum absolute atomic E-state index is 0.143. The van der Waals surface area contributed by atoms with E-state index in [2.05, 4.69) is 10.3 Å². The molecular formula is C11H16F3N3O. The fourth-order valence-electron chi connectivity index (χ4n) is 1.35. The highest BCUT2D eigenvalue weighted by Gasteiger charge is 2.33. The van der Waals surface area contributed by atoms with Gasteiger partial charge in [0.05, 0.1) is 24.2 Å². The van der Waals surface area contributed by atoms with E-state index in [-0.39, 0.29) is 17.4 Å². The normalized spacial score (nSPS) is 13.4. The van der Waals surface area contributed by atoms with E-state index < -0.39 is 11.9 Å². The quantitative estimate of drug-likeness (QED) is 0.857. The molecule has 0 fully saturated rings. The minimum atomic E-state index is -4.48. The second-order valence-corrected chi connectivity index (χ2v) is 3.86. The van der Waals surface area contributed by atoms with Gasteiger partial charge >= 0.3 is 6.18 Å². The van der Waals surface area contributed by atoms with Crippen LogP contribution in [-0.4, -0.2) is 24.2 Å². The molecule has 0 aliphatic rings. The van der Waals surface area contributed by atoms with Crippen LogP contribution in [0.3, 0.4) is 0 Å². The Balaban J connectivity index is 2.81. The van der Waals surface area contributed by atoms with Gasteiger partial charge in [0.2, 0.25) is 0 Å². The second kappa shape index (κ2) is 5.90. The molecule has 0 amide bonds. The van der Waals surface area contributed by atoms with Crippen molar-refractivity contribution >= 4 is 11.4 Å². The highest BCUT2D eigenvalue weighted by Crippen LogP contribution is 2.31. The van der Waals surface area contributed by atoms with Crippen molar-refractivity contribution in [1.29, 1.82) is 0 Å². The first-order valence-electron chi connectivity index (χ1n) is 5.51. The average molecular weight is 263 g/mol. The Morgan fingerprint density at radius 3 is 2.72 bits per heavy atom. The molecule has 0 aliphatic heterocycles. The van der Waals surface area contributed by atoms with E-state index in [9.17, 15) is 13.2 Å². The maximum absolute atomic E-state index is 12.5. The molecule has 1 rings (SSSR count). The van der Waals surface area contributed by atoms with Crippen molar-refractivity contribution in [2.45, 2.75) is 26.1 Å². The van der Waals surface area contributed by atoms with Crippen LogP contribution in [0, 0.1) is 0 Å². The molecular weight excluding hydrogens is 247 g/mol. The lowest BCUT2D eigenvalue weighted by atomic mass is 10.2. The topological polar surface area (TPSA) is 60.2 Å². The van der Waals surface area contributed by atoms with Crippen molar-refractivity contribution in [2.24, 2.45) is 0 Å². The van der Waals surface area contributed by atoms with Gasteiger partial charge in [0.15, 0.2) is 0 Å². The SMILES string of the molecule is CCOCC(C)Nc1cc(C(F)(F)F)ncc1N. The van der Waals surface area contributed by atoms with Gasteiger partial charge in [-0.25, -0.2) is 4.98 Å². The number of hydrogen-bond donors (Lipinski definition) is 2. The van der Waals surface area contributed by atoms with Gasteiger partial charge in [-0.15, -0.1) is 0 Å². The maximum atomic E-state index is 12.5. The molecule has 4 nitrogen and oxygen atoms in total. The van der Waals surface area contributed by atoms with Crippen LogP contribution in [0.5, 0.6) is 0 Å². The van der Waals surface area contributed by atoms with Crippen molar-refractivity contribution in [2.75, 3.05) is 24.3 Å². The Morgan fingerprint density at radius 2 is 2.17 bits per heavy atom. The van der Waals surface area contributed by atoms with Crippen molar-refractivity contribution < 1.29 is 17.9 Å². The highest BCUT2D eigenvalue weighted by atomic mass is 19.4. The fourth-order valence-corrected chi connectivity index (χ4v) is 1.35. The van der Waals surface area contributed by atoms with Crippen LogP contribution in [0.15, 0.2) is 12.3 Å². The molecule has 102 valence electrons. The number of ether oxygens (including phenoxy) is 1. The first-order chi connectivity index (χ1) is 8.34. The molecule has 0 saturated carbocycles. The van der Waals surface area contributed by atoms with Crippen LogP contribution in [0.25, 0.3) is 0 Å². The Morgan fingerprint density at radius 1 is 1.50 bits per heavy atom. The first-order valence-corrected chi connectivity index (χ1v) is 5.51. The van der Waals surface area contributed by atoms with Gasteiger partial charge in [-0.05, 0) is 19.9 Å². The molecule has 0 saturated heterocycles. The fraction of sp³-hybridized carbons (Fsp3) is 0.545. The number of halogens is 3. The summed E-state index contributed by atoms with van der Waals surface area (Å²) in [6, 6.07) is 0.758. The van der Waals surface area contributed by atoms with Crippen LogP contribution in [0.4, 0.5) is 24.5 Å². The Bertz CT molecular complexity index is 396. The summed E-state index contributed by atoms with van der Waals surface area (Å²) in [6.45, 7) is 4.57. The molecule has 1 aromatic heterocycles. The van der Waals surface area contributed by atoms with Crippen LogP contribution in [0.2, 0.25) is 0 Å². The lowest BCUT2D eigenvalue weighted by Gasteiger charge is -2.17. The van der Waals surface area contributed by atoms with E-state index in [0.29, 0.717) is 13.2 Å². The molecule has 0 spiro atoms. The zero-order valence-electron chi connectivity index (χ0n) is 10.2. The smallest absolute Gasteiger partial charge is 0.396 e. The van der Waals surface area contributed by atoms with E-state index in [1.54, 1.807) is 6.92 Å². The van der Waals surface area contributed by atoms with Gasteiger partial charge in [0, 0.05) is 12.6 Å². The number of nitrogens with two attached hydrogens (primary N) is 1. The first kappa shape index (κ1) is 14.6. The Kier molecular flexibility index (Phi) is 4.77. The van der Waals surface area contributed by atoms with Gasteiger partial charge in [0.1, 0.15) is 5.69 Å². The third kappa shape index (κ3) is 4.06. The van der Waals surface area contributed by atoms with Crippen LogP contribution >= 0.6 is 0 Å². The summed E-state index contributed by atoms with van der Waals surface area (Å²) < 4.78 is 42.6. The van der Waals surface area contributed by atoms with E-state index in [0.717, 1.165) is 12.3 Å². The number of hydrogen-bond acceptors (Lipinski definition) is 4. The van der Waals surface area contributed by atoms with E-state index >= 15 is 0 Å². The van der Waals surface area contributed by atoms with E-state index in [1.165, 1.54) is 0 Å². The lowest BCUT2D eigenvalue weighted by molar-refractivity contribution is -0.141. The summed E-state index contributed by atoms with van der Waals surface area (Å²) in [6.07, 6.45) is -3.48. The number of anilines is 2. The minimum Gasteiger partial charge on any atom is -0.396 e. The predicted octanol–water partition coefficient (Wildman–Crippen LogP) is 2.52. The monoisotopic (exact) mass is 263 g/mol. The van der Waals surface area contributed by atoms with Crippen molar-refractivity contribution in [3.63, 3.8) is 0 Å². The number of nitrogen functional groups attached to an aromatic ring is 1. The molecule has 18 heavy (non-hydrogen) atoms. The highest BCUT2D eigenvalue weighted by molar-refractivity contribution is 5.65. The molecule has 0 radical (unpaired) electrons. The van der Waals surface area contributed by atoms with Gasteiger partial charge < -0.3 is 15.8 Å². The molecule has 0 aromatic carbocycles. The molecule has 1 aromatic rings. The van der Waals surface area contributed by atoms with E-state index in [4.69, 9.17) is 10.5 Å². The van der Waals surface area contributed by atoms with Gasteiger partial charge in [-0.1, -0.05) is 0 Å². The number of nitrogens with one attached hydrogen (secondary N) is 1. The van der Waals surface area contributed by atoms with Crippen LogP contribution < -0.4 is 11.1 Å². The van der Waals surface area contributed by atoms with Crippen molar-refractivity contribution in [3.8, 4) is 0 Å². The largest absolute Gasteiger partial charge is 0.433 e. The molecule has 1 unspecified atom stereocenters. The third-order valence-corrected chi connectivity index (χ3v) is 2.20. The molecule has 7 heteroatoms. The number of nitrogens with zero attached hydrogens (tertiary/aromatic N) is 1. The zero-order valence-corrected chi connectivity index (χ0v) is 10.2. The number of rotatable bonds is 5. The Labute approximate surface area is 103 Å². The molecule has 0 bridgehead atoms. The van der Waals surface area contributed by atoms with Gasteiger partial charge in [-0.3, -0.25) is 0 Å². The molecule has 1 heterocycles. The van der Waals surface area contributed by atoms with Gasteiger partial charge in [0.25, 0.3) is 0 Å². The molecule has 0 aliphatic carbocycles. The predicted molar refractivity (Wildman–Crippen MR) is 63.2 cm³/mol. The average Bonchev–Trinajstić information content (AvgIpc) is 2.28. The van der Waals surface area contributed by atoms with E-state index in [1.807, 2.05) is 6.92 Å². The molecule has 1 atom stereocenters. The van der Waals surface area contributed by atoms with Crippen LogP contribution in [0.1, 0.15) is 19.5 Å². The van der Waals surface area contributed by atoms with Crippen molar-refractivity contribution in [3.05, 3.63) is 18.0 Å². The number of pyridine rings is 1.